The van der Waals surface area contributed by atoms with Crippen molar-refractivity contribution in [3.05, 3.63) is 70.2 Å². The van der Waals surface area contributed by atoms with Crippen molar-refractivity contribution in [1.29, 1.82) is 0 Å². The number of nitrogens with zero attached hydrogens (tertiary/aromatic N) is 1. The molecule has 0 spiro atoms. The Morgan fingerprint density at radius 3 is 2.57 bits per heavy atom. The van der Waals surface area contributed by atoms with Crippen molar-refractivity contribution in [2.24, 2.45) is 5.10 Å². The molecule has 0 radical (unpaired) electrons. The molecule has 0 saturated carbocycles. The lowest BCUT2D eigenvalue weighted by molar-refractivity contribution is 0.0952. The lowest BCUT2D eigenvalue weighted by Gasteiger charge is -2.01. The molecule has 0 aliphatic rings. The normalized spacial score (nSPS) is 11.1. The molecule has 2 aromatic rings. The van der Waals surface area contributed by atoms with Gasteiger partial charge in [0.1, 0.15) is 5.75 Å². The average molecular weight is 345 g/mol. The molecule has 2 rings (SSSR count). The summed E-state index contributed by atoms with van der Waals surface area (Å²) in [5.41, 5.74) is 3.56. The SMILES string of the molecule is O=C(NN=CC=Cc1ccc(Br)cc1)c1ccccc1O. The van der Waals surface area contributed by atoms with Crippen LogP contribution in [-0.4, -0.2) is 17.2 Å². The van der Waals surface area contributed by atoms with E-state index >= 15 is 0 Å². The second kappa shape index (κ2) is 7.40. The van der Waals surface area contributed by atoms with Gasteiger partial charge in [-0.05, 0) is 35.9 Å². The van der Waals surface area contributed by atoms with Crippen LogP contribution in [0.3, 0.4) is 0 Å². The van der Waals surface area contributed by atoms with E-state index in [4.69, 9.17) is 0 Å². The molecule has 5 heteroatoms. The molecular weight excluding hydrogens is 332 g/mol. The first-order chi connectivity index (χ1) is 10.2. The van der Waals surface area contributed by atoms with Gasteiger partial charge in [0.25, 0.3) is 5.91 Å². The number of benzene rings is 2. The largest absolute Gasteiger partial charge is 0.507 e. The summed E-state index contributed by atoms with van der Waals surface area (Å²) in [6.07, 6.45) is 5.05. The predicted molar refractivity (Wildman–Crippen MR) is 87.2 cm³/mol. The van der Waals surface area contributed by atoms with Gasteiger partial charge in [-0.2, -0.15) is 5.10 Å². The molecule has 0 aromatic heterocycles. The summed E-state index contributed by atoms with van der Waals surface area (Å²) in [6.45, 7) is 0. The zero-order chi connectivity index (χ0) is 15.1. The quantitative estimate of drug-likeness (QED) is 0.657. The molecular formula is C16H13BrN2O2. The Morgan fingerprint density at radius 2 is 1.86 bits per heavy atom. The van der Waals surface area contributed by atoms with Gasteiger partial charge in [0.2, 0.25) is 0 Å². The van der Waals surface area contributed by atoms with Crippen LogP contribution in [0.25, 0.3) is 6.08 Å². The molecule has 0 heterocycles. The van der Waals surface area contributed by atoms with Gasteiger partial charge >= 0.3 is 0 Å². The first kappa shape index (κ1) is 15.0. The fraction of sp³-hybridized carbons (Fsp3) is 0. The van der Waals surface area contributed by atoms with Crippen molar-refractivity contribution in [1.82, 2.24) is 5.43 Å². The van der Waals surface area contributed by atoms with Gasteiger partial charge in [0, 0.05) is 10.7 Å². The zero-order valence-electron chi connectivity index (χ0n) is 11.0. The summed E-state index contributed by atoms with van der Waals surface area (Å²) in [7, 11) is 0. The Kier molecular flexibility index (Phi) is 5.29. The summed E-state index contributed by atoms with van der Waals surface area (Å²) in [6, 6.07) is 14.1. The molecule has 0 saturated heterocycles. The van der Waals surface area contributed by atoms with E-state index in [9.17, 15) is 9.90 Å². The number of hydrogen-bond donors (Lipinski definition) is 2. The van der Waals surface area contributed by atoms with Crippen LogP contribution in [0.15, 0.2) is 64.2 Å². The van der Waals surface area contributed by atoms with E-state index in [1.165, 1.54) is 18.3 Å². The number of carbonyl (C=O) groups is 1. The summed E-state index contributed by atoms with van der Waals surface area (Å²) < 4.78 is 1.02. The highest BCUT2D eigenvalue weighted by atomic mass is 79.9. The first-order valence-electron chi connectivity index (χ1n) is 6.20. The Balaban J connectivity index is 1.89. The van der Waals surface area contributed by atoms with E-state index < -0.39 is 5.91 Å². The standard InChI is InChI=1S/C16H13BrN2O2/c17-13-9-7-12(8-10-13)4-3-11-18-19-16(21)14-5-1-2-6-15(14)20/h1-11,20H,(H,19,21). The highest BCUT2D eigenvalue weighted by Gasteiger charge is 2.07. The van der Waals surface area contributed by atoms with E-state index in [1.807, 2.05) is 30.3 Å². The van der Waals surface area contributed by atoms with Crippen LogP contribution in [-0.2, 0) is 0 Å². The number of hydrogen-bond acceptors (Lipinski definition) is 3. The third-order valence-electron chi connectivity index (χ3n) is 2.63. The van der Waals surface area contributed by atoms with E-state index in [2.05, 4.69) is 26.5 Å². The Morgan fingerprint density at radius 1 is 1.14 bits per heavy atom. The van der Waals surface area contributed by atoms with Crippen molar-refractivity contribution in [2.45, 2.75) is 0 Å². The number of hydrazone groups is 1. The second-order valence-electron chi connectivity index (χ2n) is 4.15. The molecule has 1 amide bonds. The third kappa shape index (κ3) is 4.57. The van der Waals surface area contributed by atoms with E-state index in [-0.39, 0.29) is 11.3 Å². The lowest BCUT2D eigenvalue weighted by Crippen LogP contribution is -2.17. The second-order valence-corrected chi connectivity index (χ2v) is 5.06. The van der Waals surface area contributed by atoms with Crippen LogP contribution in [0.2, 0.25) is 0 Å². The Labute approximate surface area is 130 Å². The lowest BCUT2D eigenvalue weighted by atomic mass is 10.2. The Hall–Kier alpha value is -2.40. The topological polar surface area (TPSA) is 61.7 Å². The minimum atomic E-state index is -0.457. The maximum atomic E-state index is 11.7. The number of nitrogens with one attached hydrogen (secondary N) is 1. The molecule has 106 valence electrons. The van der Waals surface area contributed by atoms with Crippen LogP contribution in [0.5, 0.6) is 5.75 Å². The minimum absolute atomic E-state index is 0.0735. The van der Waals surface area contributed by atoms with Crippen molar-refractivity contribution in [2.75, 3.05) is 0 Å². The Bertz CT molecular complexity index is 679. The summed E-state index contributed by atoms with van der Waals surface area (Å²) in [5, 5.41) is 13.3. The molecule has 0 aliphatic carbocycles. The maximum Gasteiger partial charge on any atom is 0.275 e. The van der Waals surface area contributed by atoms with Gasteiger partial charge in [-0.15, -0.1) is 0 Å². The van der Waals surface area contributed by atoms with Crippen molar-refractivity contribution < 1.29 is 9.90 Å². The first-order valence-corrected chi connectivity index (χ1v) is 7.00. The number of carbonyl (C=O) groups excluding carboxylic acids is 1. The van der Waals surface area contributed by atoms with Crippen molar-refractivity contribution in [3.8, 4) is 5.75 Å². The number of para-hydroxylation sites is 1. The van der Waals surface area contributed by atoms with Crippen LogP contribution < -0.4 is 5.43 Å². The van der Waals surface area contributed by atoms with Gasteiger partial charge in [0.15, 0.2) is 0 Å². The summed E-state index contributed by atoms with van der Waals surface area (Å²) >= 11 is 3.36. The molecule has 0 fully saturated rings. The number of phenolic OH excluding ortho intramolecular Hbond substituents is 1. The minimum Gasteiger partial charge on any atom is -0.507 e. The van der Waals surface area contributed by atoms with Crippen LogP contribution in [0, 0.1) is 0 Å². The number of allylic oxidation sites excluding steroid dienone is 1. The maximum absolute atomic E-state index is 11.7. The van der Waals surface area contributed by atoms with Crippen molar-refractivity contribution >= 4 is 34.1 Å². The fourth-order valence-corrected chi connectivity index (χ4v) is 1.86. The molecule has 21 heavy (non-hydrogen) atoms. The van der Waals surface area contributed by atoms with Gasteiger partial charge < -0.3 is 5.11 Å². The molecule has 0 bridgehead atoms. The molecule has 0 atom stereocenters. The van der Waals surface area contributed by atoms with Gasteiger partial charge in [-0.1, -0.05) is 46.3 Å². The number of phenols is 1. The van der Waals surface area contributed by atoms with Gasteiger partial charge in [-0.3, -0.25) is 4.79 Å². The monoisotopic (exact) mass is 344 g/mol. The van der Waals surface area contributed by atoms with Crippen LogP contribution >= 0.6 is 15.9 Å². The van der Waals surface area contributed by atoms with E-state index in [0.717, 1.165) is 10.0 Å². The highest BCUT2D eigenvalue weighted by Crippen LogP contribution is 2.14. The summed E-state index contributed by atoms with van der Waals surface area (Å²) in [5.74, 6) is -0.531. The molecule has 2 N–H and O–H groups in total. The van der Waals surface area contributed by atoms with Gasteiger partial charge in [-0.25, -0.2) is 5.43 Å². The molecule has 4 nitrogen and oxygen atoms in total. The number of rotatable bonds is 4. The molecule has 0 aliphatic heterocycles. The van der Waals surface area contributed by atoms with E-state index in [0.29, 0.717) is 0 Å². The predicted octanol–water partition coefficient (Wildman–Crippen LogP) is 3.58. The molecule has 0 unspecified atom stereocenters. The third-order valence-corrected chi connectivity index (χ3v) is 3.16. The smallest absolute Gasteiger partial charge is 0.275 e. The number of aromatic hydroxyl groups is 1. The number of amides is 1. The summed E-state index contributed by atoms with van der Waals surface area (Å²) in [4.78, 5) is 11.7. The average Bonchev–Trinajstić information content (AvgIpc) is 2.49. The highest BCUT2D eigenvalue weighted by molar-refractivity contribution is 9.10. The zero-order valence-corrected chi connectivity index (χ0v) is 12.6. The fourth-order valence-electron chi connectivity index (χ4n) is 1.59. The van der Waals surface area contributed by atoms with Crippen molar-refractivity contribution in [3.63, 3.8) is 0 Å². The van der Waals surface area contributed by atoms with E-state index in [1.54, 1.807) is 18.2 Å². The number of halogens is 1. The van der Waals surface area contributed by atoms with Crippen LogP contribution in [0.4, 0.5) is 0 Å². The molecule has 2 aromatic carbocycles. The van der Waals surface area contributed by atoms with Gasteiger partial charge in [0.05, 0.1) is 5.56 Å². The van der Waals surface area contributed by atoms with Crippen LogP contribution in [0.1, 0.15) is 15.9 Å².